The summed E-state index contributed by atoms with van der Waals surface area (Å²) in [6.45, 7) is 18.2. The Labute approximate surface area is 239 Å². The summed E-state index contributed by atoms with van der Waals surface area (Å²) in [6, 6.07) is 16.1. The summed E-state index contributed by atoms with van der Waals surface area (Å²) >= 11 is 1.44. The number of morpholine rings is 1. The van der Waals surface area contributed by atoms with Gasteiger partial charge in [-0.05, 0) is 50.8 Å². The average Bonchev–Trinajstić information content (AvgIpc) is 3.38. The molecule has 1 aliphatic rings. The first-order valence-electron chi connectivity index (χ1n) is 13.8. The summed E-state index contributed by atoms with van der Waals surface area (Å²) < 4.78 is 5.42. The number of anilines is 1. The molecule has 0 aliphatic carbocycles. The van der Waals surface area contributed by atoms with E-state index in [1.807, 2.05) is 41.8 Å². The molecule has 39 heavy (non-hydrogen) atoms. The normalized spacial score (nSPS) is 14.9. The topological polar surface area (TPSA) is 54.5 Å². The van der Waals surface area contributed by atoms with Crippen molar-refractivity contribution < 1.29 is 9.53 Å². The minimum atomic E-state index is -1.10. The van der Waals surface area contributed by atoms with E-state index in [4.69, 9.17) is 9.72 Å². The molecule has 0 saturated carbocycles. The third kappa shape index (κ3) is 7.12. The lowest BCUT2D eigenvalue weighted by atomic mass is 10.1. The fourth-order valence-electron chi connectivity index (χ4n) is 5.30. The highest BCUT2D eigenvalue weighted by Gasteiger charge is 2.33. The van der Waals surface area contributed by atoms with Gasteiger partial charge in [-0.3, -0.25) is 15.0 Å². The zero-order valence-corrected chi connectivity index (χ0v) is 25.6. The summed E-state index contributed by atoms with van der Waals surface area (Å²) in [7, 11) is -1.10. The maximum atomic E-state index is 12.9. The second-order valence-corrected chi connectivity index (χ2v) is 16.2. The van der Waals surface area contributed by atoms with Gasteiger partial charge in [0, 0.05) is 41.7 Å². The van der Waals surface area contributed by atoms with Gasteiger partial charge in [0.05, 0.1) is 18.9 Å². The van der Waals surface area contributed by atoms with Crippen LogP contribution in [0.2, 0.25) is 0 Å². The molecule has 208 valence electrons. The van der Waals surface area contributed by atoms with Gasteiger partial charge in [-0.25, -0.2) is 4.98 Å². The summed E-state index contributed by atoms with van der Waals surface area (Å²) in [5.41, 5.74) is 4.67. The number of ether oxygens (including phenoxy) is 1. The van der Waals surface area contributed by atoms with Crippen molar-refractivity contribution in [3.8, 4) is 22.4 Å². The highest BCUT2D eigenvalue weighted by atomic mass is 32.3. The van der Waals surface area contributed by atoms with Crippen LogP contribution in [-0.4, -0.2) is 57.8 Å². The number of aromatic nitrogens is 1. The zero-order valence-electron chi connectivity index (χ0n) is 24.0. The molecule has 1 aromatic heterocycles. The molecule has 2 aromatic carbocycles. The average molecular weight is 564 g/mol. The Morgan fingerprint density at radius 2 is 1.69 bits per heavy atom. The van der Waals surface area contributed by atoms with E-state index in [1.165, 1.54) is 16.9 Å². The van der Waals surface area contributed by atoms with Gasteiger partial charge < -0.3 is 4.74 Å². The lowest BCUT2D eigenvalue weighted by Crippen LogP contribution is -2.35. The van der Waals surface area contributed by atoms with E-state index >= 15 is 0 Å². The van der Waals surface area contributed by atoms with Crippen LogP contribution in [0.25, 0.3) is 11.3 Å². The van der Waals surface area contributed by atoms with Crippen LogP contribution in [0.5, 0.6) is 0 Å². The number of amides is 1. The van der Waals surface area contributed by atoms with Crippen LogP contribution in [-0.2, 0) is 11.3 Å². The van der Waals surface area contributed by atoms with E-state index in [1.54, 1.807) is 0 Å². The summed E-state index contributed by atoms with van der Waals surface area (Å²) in [4.78, 5) is 19.9. The number of carbonyl (C=O) groups is 1. The molecule has 5 nitrogen and oxygen atoms in total. The van der Waals surface area contributed by atoms with Gasteiger partial charge in [0.1, 0.15) is 0 Å². The highest BCUT2D eigenvalue weighted by Crippen LogP contribution is 2.59. The van der Waals surface area contributed by atoms with Gasteiger partial charge in [-0.2, -0.15) is 10.0 Å². The first kappa shape index (κ1) is 29.4. The molecule has 1 amide bonds. The van der Waals surface area contributed by atoms with Gasteiger partial charge in [-0.15, -0.1) is 11.3 Å². The summed E-state index contributed by atoms with van der Waals surface area (Å²) in [6.07, 6.45) is 0. The first-order chi connectivity index (χ1) is 18.7. The molecule has 2 heterocycles. The van der Waals surface area contributed by atoms with Crippen molar-refractivity contribution in [3.63, 3.8) is 0 Å². The second kappa shape index (κ2) is 13.1. The lowest BCUT2D eigenvalue weighted by molar-refractivity contribution is 0.0342. The number of thiazole rings is 1. The fraction of sp³-hybridized carbons (Fsp3) is 0.438. The van der Waals surface area contributed by atoms with E-state index in [-0.39, 0.29) is 5.91 Å². The maximum Gasteiger partial charge on any atom is 0.257 e. The minimum absolute atomic E-state index is 0.149. The van der Waals surface area contributed by atoms with Crippen LogP contribution >= 0.6 is 21.4 Å². The van der Waals surface area contributed by atoms with Crippen molar-refractivity contribution in [2.75, 3.05) is 31.6 Å². The van der Waals surface area contributed by atoms with Crippen molar-refractivity contribution in [2.45, 2.75) is 63.8 Å². The Morgan fingerprint density at radius 1 is 1.03 bits per heavy atom. The number of nitrogens with zero attached hydrogens (tertiary/aromatic N) is 2. The SMILES string of the molecule is CC(C)S(C#Cc1cccc(-c2csc(NC(=O)c3ccc(CN4CCOCC4)cc3)n2)c1)(C(C)C)C(C)C. The molecular formula is C32H41N3O2S2. The molecule has 1 N–H and O–H groups in total. The number of nitrogens with one attached hydrogen (secondary N) is 1. The Morgan fingerprint density at radius 3 is 2.33 bits per heavy atom. The Hall–Kier alpha value is -2.63. The number of benzene rings is 2. The predicted octanol–water partition coefficient (Wildman–Crippen LogP) is 7.23. The van der Waals surface area contributed by atoms with E-state index in [9.17, 15) is 4.79 Å². The van der Waals surface area contributed by atoms with E-state index < -0.39 is 10.0 Å². The molecule has 1 aliphatic heterocycles. The molecule has 4 rings (SSSR count). The van der Waals surface area contributed by atoms with Crippen LogP contribution in [0.4, 0.5) is 5.13 Å². The summed E-state index contributed by atoms with van der Waals surface area (Å²) in [5.74, 6) is 3.36. The lowest BCUT2D eigenvalue weighted by Gasteiger charge is -2.46. The van der Waals surface area contributed by atoms with E-state index in [0.717, 1.165) is 49.7 Å². The van der Waals surface area contributed by atoms with Gasteiger partial charge in [0.25, 0.3) is 5.91 Å². The number of carbonyl (C=O) groups excluding carboxylic acids is 1. The van der Waals surface area contributed by atoms with Crippen molar-refractivity contribution in [1.82, 2.24) is 9.88 Å². The number of rotatable bonds is 8. The van der Waals surface area contributed by atoms with Crippen molar-refractivity contribution in [3.05, 3.63) is 70.6 Å². The van der Waals surface area contributed by atoms with Gasteiger partial charge in [0.2, 0.25) is 0 Å². The standard InChI is InChI=1S/C32H41N3O2S2/c1-23(2)39(24(3)4,25(5)6)19-14-26-8-7-9-29(20-26)30-22-38-32(33-30)34-31(36)28-12-10-27(11-13-28)21-35-15-17-37-18-16-35/h7-13,20,22-25H,15-18,21H2,1-6H3,(H,33,34,36). The molecule has 0 atom stereocenters. The molecular weight excluding hydrogens is 523 g/mol. The summed E-state index contributed by atoms with van der Waals surface area (Å²) in [5, 5.41) is 10.9. The molecule has 0 radical (unpaired) electrons. The van der Waals surface area contributed by atoms with Crippen LogP contribution in [0.15, 0.2) is 53.9 Å². The predicted molar refractivity (Wildman–Crippen MR) is 168 cm³/mol. The molecule has 0 bridgehead atoms. The molecule has 0 spiro atoms. The van der Waals surface area contributed by atoms with Crippen LogP contribution in [0, 0.1) is 11.2 Å². The van der Waals surface area contributed by atoms with Crippen molar-refractivity contribution in [1.29, 1.82) is 0 Å². The Balaban J connectivity index is 1.44. The first-order valence-corrected chi connectivity index (χ1v) is 16.5. The van der Waals surface area contributed by atoms with Crippen molar-refractivity contribution >= 4 is 32.4 Å². The van der Waals surface area contributed by atoms with E-state index in [2.05, 4.69) is 75.1 Å². The zero-order chi connectivity index (χ0) is 28.0. The minimum Gasteiger partial charge on any atom is -0.379 e. The van der Waals surface area contributed by atoms with Crippen LogP contribution < -0.4 is 5.32 Å². The third-order valence-electron chi connectivity index (χ3n) is 7.32. The smallest absolute Gasteiger partial charge is 0.257 e. The number of hydrogen-bond acceptors (Lipinski definition) is 5. The molecule has 1 fully saturated rings. The molecule has 0 unspecified atom stereocenters. The quantitative estimate of drug-likeness (QED) is 0.294. The van der Waals surface area contributed by atoms with Crippen LogP contribution in [0.1, 0.15) is 63.0 Å². The highest BCUT2D eigenvalue weighted by molar-refractivity contribution is 8.38. The Bertz CT molecular complexity index is 1290. The largest absolute Gasteiger partial charge is 0.379 e. The van der Waals surface area contributed by atoms with Gasteiger partial charge >= 0.3 is 0 Å². The number of hydrogen-bond donors (Lipinski definition) is 1. The second-order valence-electron chi connectivity index (χ2n) is 10.8. The monoisotopic (exact) mass is 563 g/mol. The molecule has 7 heteroatoms. The maximum absolute atomic E-state index is 12.9. The molecule has 1 saturated heterocycles. The van der Waals surface area contributed by atoms with E-state index in [0.29, 0.717) is 26.4 Å². The van der Waals surface area contributed by atoms with Gasteiger partial charge in [0.15, 0.2) is 5.13 Å². The Kier molecular flexibility index (Phi) is 9.90. The van der Waals surface area contributed by atoms with Crippen LogP contribution in [0.3, 0.4) is 0 Å². The van der Waals surface area contributed by atoms with Gasteiger partial charge in [-0.1, -0.05) is 71.7 Å². The fourth-order valence-corrected chi connectivity index (χ4v) is 10.3. The van der Waals surface area contributed by atoms with Crippen molar-refractivity contribution in [2.24, 2.45) is 0 Å². The third-order valence-corrected chi connectivity index (χ3v) is 13.2. The molecule has 3 aromatic rings.